The molecule has 0 spiro atoms. The molecular formula is C10H13BrN2O2S2. The summed E-state index contributed by atoms with van der Waals surface area (Å²) >= 11 is 4.58. The Kier molecular flexibility index (Phi) is 3.07. The highest BCUT2D eigenvalue weighted by atomic mass is 79.9. The van der Waals surface area contributed by atoms with Crippen molar-refractivity contribution in [1.82, 2.24) is 9.62 Å². The van der Waals surface area contributed by atoms with Crippen molar-refractivity contribution in [2.75, 3.05) is 26.2 Å². The van der Waals surface area contributed by atoms with Gasteiger partial charge in [-0.05, 0) is 52.3 Å². The second-order valence-electron chi connectivity index (χ2n) is 4.56. The summed E-state index contributed by atoms with van der Waals surface area (Å²) in [6, 6.07) is 1.79. The molecule has 0 unspecified atom stereocenters. The second-order valence-corrected chi connectivity index (χ2v) is 8.46. The monoisotopic (exact) mass is 336 g/mol. The van der Waals surface area contributed by atoms with E-state index in [-0.39, 0.29) is 0 Å². The first kappa shape index (κ1) is 12.1. The Bertz CT molecular complexity index is 516. The number of hydrogen-bond acceptors (Lipinski definition) is 4. The zero-order valence-corrected chi connectivity index (χ0v) is 12.3. The quantitative estimate of drug-likeness (QED) is 0.886. The molecule has 1 aromatic rings. The van der Waals surface area contributed by atoms with Gasteiger partial charge in [0.1, 0.15) is 4.21 Å². The molecule has 17 heavy (non-hydrogen) atoms. The van der Waals surface area contributed by atoms with E-state index in [1.54, 1.807) is 15.8 Å². The van der Waals surface area contributed by atoms with Crippen molar-refractivity contribution < 1.29 is 8.42 Å². The minimum absolute atomic E-state index is 0.436. The lowest BCUT2D eigenvalue weighted by atomic mass is 10.0. The Morgan fingerprint density at radius 1 is 1.35 bits per heavy atom. The fourth-order valence-corrected chi connectivity index (χ4v) is 6.59. The molecule has 2 aliphatic heterocycles. The number of nitrogens with zero attached hydrogens (tertiary/aromatic N) is 1. The average molecular weight is 337 g/mol. The molecule has 0 aromatic carbocycles. The molecule has 3 rings (SSSR count). The maximum absolute atomic E-state index is 12.4. The van der Waals surface area contributed by atoms with E-state index < -0.39 is 10.0 Å². The van der Waals surface area contributed by atoms with Crippen molar-refractivity contribution >= 4 is 37.3 Å². The summed E-state index contributed by atoms with van der Waals surface area (Å²) in [5, 5.41) is 5.12. The van der Waals surface area contributed by atoms with Gasteiger partial charge in [0, 0.05) is 17.6 Å². The van der Waals surface area contributed by atoms with Crippen LogP contribution in [0.15, 0.2) is 20.1 Å². The smallest absolute Gasteiger partial charge is 0.253 e. The lowest BCUT2D eigenvalue weighted by Gasteiger charge is -2.16. The molecule has 2 atom stereocenters. The minimum Gasteiger partial charge on any atom is -0.316 e. The van der Waals surface area contributed by atoms with E-state index in [1.807, 2.05) is 0 Å². The van der Waals surface area contributed by atoms with Crippen LogP contribution in [0.5, 0.6) is 0 Å². The van der Waals surface area contributed by atoms with E-state index >= 15 is 0 Å². The first-order valence-corrected chi connectivity index (χ1v) is 8.64. The summed E-state index contributed by atoms with van der Waals surface area (Å²) in [7, 11) is -3.29. The molecule has 0 amide bonds. The molecule has 0 bridgehead atoms. The zero-order chi connectivity index (χ0) is 12.0. The van der Waals surface area contributed by atoms with Crippen LogP contribution in [0.1, 0.15) is 0 Å². The largest absolute Gasteiger partial charge is 0.316 e. The van der Waals surface area contributed by atoms with Crippen molar-refractivity contribution in [3.63, 3.8) is 0 Å². The van der Waals surface area contributed by atoms with Gasteiger partial charge in [0.15, 0.2) is 0 Å². The van der Waals surface area contributed by atoms with Gasteiger partial charge in [0.05, 0.1) is 0 Å². The van der Waals surface area contributed by atoms with Crippen LogP contribution in [0.4, 0.5) is 0 Å². The molecule has 0 saturated carbocycles. The van der Waals surface area contributed by atoms with Gasteiger partial charge in [-0.1, -0.05) is 0 Å². The van der Waals surface area contributed by atoms with Gasteiger partial charge >= 0.3 is 0 Å². The van der Waals surface area contributed by atoms with Gasteiger partial charge in [-0.15, -0.1) is 11.3 Å². The molecule has 3 heterocycles. The predicted molar refractivity (Wildman–Crippen MR) is 70.6 cm³/mol. The first-order chi connectivity index (χ1) is 8.09. The van der Waals surface area contributed by atoms with E-state index in [2.05, 4.69) is 21.2 Å². The summed E-state index contributed by atoms with van der Waals surface area (Å²) in [6.07, 6.45) is 0. The van der Waals surface area contributed by atoms with Crippen molar-refractivity contribution in [2.45, 2.75) is 4.21 Å². The molecule has 2 saturated heterocycles. The standard InChI is InChI=1S/C10H13BrN2O2S2/c11-9-1-2-16-10(9)17(14,15)13-5-7-3-12-4-8(7)6-13/h1-2,7-8,12H,3-6H2/t7-,8+. The fraction of sp³-hybridized carbons (Fsp3) is 0.600. The Labute approximate surface area is 113 Å². The lowest BCUT2D eigenvalue weighted by Crippen LogP contribution is -2.31. The first-order valence-electron chi connectivity index (χ1n) is 5.53. The summed E-state index contributed by atoms with van der Waals surface area (Å²) < 4.78 is 27.6. The molecular weight excluding hydrogens is 324 g/mol. The molecule has 94 valence electrons. The Morgan fingerprint density at radius 2 is 2.00 bits per heavy atom. The highest BCUT2D eigenvalue weighted by Crippen LogP contribution is 2.35. The summed E-state index contributed by atoms with van der Waals surface area (Å²) in [6.45, 7) is 3.21. The van der Waals surface area contributed by atoms with E-state index in [0.29, 0.717) is 33.6 Å². The molecule has 4 nitrogen and oxygen atoms in total. The van der Waals surface area contributed by atoms with Gasteiger partial charge in [-0.25, -0.2) is 8.42 Å². The maximum Gasteiger partial charge on any atom is 0.253 e. The van der Waals surface area contributed by atoms with Crippen LogP contribution in [0.25, 0.3) is 0 Å². The topological polar surface area (TPSA) is 49.4 Å². The number of hydrogen-bond donors (Lipinski definition) is 1. The molecule has 0 radical (unpaired) electrons. The van der Waals surface area contributed by atoms with E-state index in [1.165, 1.54) is 11.3 Å². The number of fused-ring (bicyclic) bond motifs is 1. The highest BCUT2D eigenvalue weighted by Gasteiger charge is 2.42. The van der Waals surface area contributed by atoms with Crippen LogP contribution in [0, 0.1) is 11.8 Å². The predicted octanol–water partition coefficient (Wildman–Crippen LogP) is 1.35. The van der Waals surface area contributed by atoms with Crippen molar-refractivity contribution in [2.24, 2.45) is 11.8 Å². The van der Waals surface area contributed by atoms with Crippen LogP contribution in [0.2, 0.25) is 0 Å². The fourth-order valence-electron chi connectivity index (χ4n) is 2.59. The number of thiophene rings is 1. The van der Waals surface area contributed by atoms with Crippen LogP contribution in [-0.2, 0) is 10.0 Å². The van der Waals surface area contributed by atoms with Gasteiger partial charge in [-0.3, -0.25) is 0 Å². The average Bonchev–Trinajstić information content (AvgIpc) is 2.89. The number of rotatable bonds is 2. The van der Waals surface area contributed by atoms with E-state index in [9.17, 15) is 8.42 Å². The number of halogens is 1. The van der Waals surface area contributed by atoms with Crippen LogP contribution < -0.4 is 5.32 Å². The lowest BCUT2D eigenvalue weighted by molar-refractivity contribution is 0.449. The van der Waals surface area contributed by atoms with Crippen molar-refractivity contribution in [3.8, 4) is 0 Å². The third-order valence-corrected chi connectivity index (χ3v) is 7.99. The van der Waals surface area contributed by atoms with Crippen LogP contribution in [0.3, 0.4) is 0 Å². The zero-order valence-electron chi connectivity index (χ0n) is 9.10. The van der Waals surface area contributed by atoms with Crippen LogP contribution >= 0.6 is 27.3 Å². The molecule has 1 aromatic heterocycles. The number of sulfonamides is 1. The highest BCUT2D eigenvalue weighted by molar-refractivity contribution is 9.10. The second kappa shape index (κ2) is 4.31. The third-order valence-electron chi connectivity index (χ3n) is 3.51. The van der Waals surface area contributed by atoms with Crippen molar-refractivity contribution in [1.29, 1.82) is 0 Å². The van der Waals surface area contributed by atoms with Gasteiger partial charge in [-0.2, -0.15) is 4.31 Å². The molecule has 2 aliphatic rings. The normalized spacial score (nSPS) is 29.7. The van der Waals surface area contributed by atoms with Gasteiger partial charge < -0.3 is 5.32 Å². The van der Waals surface area contributed by atoms with Crippen LogP contribution in [-0.4, -0.2) is 38.9 Å². The summed E-state index contributed by atoms with van der Waals surface area (Å²) in [4.78, 5) is 0. The SMILES string of the molecule is O=S(=O)(c1sccc1Br)N1C[C@H]2CNC[C@H]2C1. The van der Waals surface area contributed by atoms with Gasteiger partial charge in [0.2, 0.25) is 0 Å². The van der Waals surface area contributed by atoms with E-state index in [0.717, 1.165) is 13.1 Å². The van der Waals surface area contributed by atoms with Crippen molar-refractivity contribution in [3.05, 3.63) is 15.9 Å². The molecule has 1 N–H and O–H groups in total. The maximum atomic E-state index is 12.4. The summed E-state index contributed by atoms with van der Waals surface area (Å²) in [5.41, 5.74) is 0. The van der Waals surface area contributed by atoms with E-state index in [4.69, 9.17) is 0 Å². The number of nitrogens with one attached hydrogen (secondary N) is 1. The third kappa shape index (κ3) is 1.98. The molecule has 2 fully saturated rings. The Balaban J connectivity index is 1.88. The minimum atomic E-state index is -3.29. The Morgan fingerprint density at radius 3 is 2.53 bits per heavy atom. The molecule has 0 aliphatic carbocycles. The molecule has 7 heteroatoms. The van der Waals surface area contributed by atoms with Gasteiger partial charge in [0.25, 0.3) is 10.0 Å². The summed E-state index contributed by atoms with van der Waals surface area (Å²) in [5.74, 6) is 0.979. The Hall–Kier alpha value is 0.0500.